The van der Waals surface area contributed by atoms with E-state index in [1.165, 1.54) is 0 Å². The lowest BCUT2D eigenvalue weighted by Gasteiger charge is -2.30. The molecule has 0 bridgehead atoms. The van der Waals surface area contributed by atoms with Gasteiger partial charge in [-0.3, -0.25) is 9.89 Å². The lowest BCUT2D eigenvalue weighted by Crippen LogP contribution is -2.40. The van der Waals surface area contributed by atoms with Crippen LogP contribution in [0.2, 0.25) is 0 Å². The number of nitrogens with zero attached hydrogens (tertiary/aromatic N) is 2. The summed E-state index contributed by atoms with van der Waals surface area (Å²) in [6, 6.07) is 16.5. The first-order chi connectivity index (χ1) is 13.2. The van der Waals surface area contributed by atoms with Gasteiger partial charge in [-0.05, 0) is 25.3 Å². The molecular weight excluding hydrogens is 342 g/mol. The van der Waals surface area contributed by atoms with Crippen molar-refractivity contribution in [3.8, 4) is 0 Å². The van der Waals surface area contributed by atoms with Crippen LogP contribution >= 0.6 is 0 Å². The van der Waals surface area contributed by atoms with Crippen molar-refractivity contribution >= 4 is 22.8 Å². The summed E-state index contributed by atoms with van der Waals surface area (Å²) in [4.78, 5) is 27.7. The lowest BCUT2D eigenvalue weighted by atomic mass is 10.1. The second-order valence-corrected chi connectivity index (χ2v) is 6.70. The first-order valence-electron chi connectivity index (χ1n) is 9.22. The van der Waals surface area contributed by atoms with Crippen molar-refractivity contribution in [2.24, 2.45) is 0 Å². The van der Waals surface area contributed by atoms with E-state index in [9.17, 15) is 9.59 Å². The van der Waals surface area contributed by atoms with E-state index in [4.69, 9.17) is 4.74 Å². The maximum Gasteiger partial charge on any atom is 0.360 e. The summed E-state index contributed by atoms with van der Waals surface area (Å²) in [5.41, 5.74) is 1.61. The Balaban J connectivity index is 1.62. The summed E-state index contributed by atoms with van der Waals surface area (Å²) < 4.78 is 5.69. The van der Waals surface area contributed by atoms with Gasteiger partial charge >= 0.3 is 5.97 Å². The minimum Gasteiger partial charge on any atom is -0.442 e. The number of hydrogen-bond acceptors (Lipinski definition) is 4. The van der Waals surface area contributed by atoms with Gasteiger partial charge in [0.2, 0.25) is 6.10 Å². The van der Waals surface area contributed by atoms with E-state index in [1.54, 1.807) is 11.0 Å². The van der Waals surface area contributed by atoms with Crippen molar-refractivity contribution in [1.29, 1.82) is 0 Å². The van der Waals surface area contributed by atoms with Crippen LogP contribution in [0.1, 0.15) is 41.4 Å². The Bertz CT molecular complexity index is 945. The van der Waals surface area contributed by atoms with Crippen LogP contribution in [0.4, 0.5) is 0 Å². The number of H-pyrrole nitrogens is 1. The molecule has 0 spiro atoms. The molecule has 0 unspecified atom stereocenters. The maximum atomic E-state index is 13.1. The number of carbonyl (C=O) groups excluding carboxylic acids is 2. The van der Waals surface area contributed by atoms with Gasteiger partial charge in [-0.2, -0.15) is 5.10 Å². The van der Waals surface area contributed by atoms with Gasteiger partial charge in [0.1, 0.15) is 0 Å². The highest BCUT2D eigenvalue weighted by atomic mass is 16.5. The average Bonchev–Trinajstić information content (AvgIpc) is 3.17. The van der Waals surface area contributed by atoms with Crippen molar-refractivity contribution in [2.45, 2.75) is 25.4 Å². The zero-order chi connectivity index (χ0) is 18.6. The number of ether oxygens (including phenoxy) is 1. The molecule has 1 aliphatic rings. The molecule has 6 heteroatoms. The number of carbonyl (C=O) groups is 2. The fourth-order valence-electron chi connectivity index (χ4n) is 3.45. The molecule has 0 saturated carbocycles. The third-order valence-electron chi connectivity index (χ3n) is 4.88. The molecule has 4 rings (SSSR count). The smallest absolute Gasteiger partial charge is 0.360 e. The average molecular weight is 363 g/mol. The molecule has 1 atom stereocenters. The molecule has 2 aromatic carbocycles. The van der Waals surface area contributed by atoms with Gasteiger partial charge in [-0.1, -0.05) is 48.5 Å². The van der Waals surface area contributed by atoms with E-state index in [0.717, 1.165) is 24.8 Å². The number of para-hydroxylation sites is 1. The third kappa shape index (κ3) is 3.56. The van der Waals surface area contributed by atoms with Crippen LogP contribution in [0, 0.1) is 0 Å². The summed E-state index contributed by atoms with van der Waals surface area (Å²) in [5, 5.41) is 7.60. The van der Waals surface area contributed by atoms with E-state index in [2.05, 4.69) is 10.2 Å². The minimum absolute atomic E-state index is 0.172. The highest BCUT2D eigenvalue weighted by Gasteiger charge is 2.31. The number of esters is 1. The Morgan fingerprint density at radius 2 is 1.67 bits per heavy atom. The number of amides is 1. The van der Waals surface area contributed by atoms with Gasteiger partial charge in [0, 0.05) is 24.0 Å². The van der Waals surface area contributed by atoms with Crippen LogP contribution in [-0.4, -0.2) is 40.1 Å². The summed E-state index contributed by atoms with van der Waals surface area (Å²) in [6.45, 7) is 1.40. The molecule has 138 valence electrons. The fourth-order valence-corrected chi connectivity index (χ4v) is 3.45. The Morgan fingerprint density at radius 1 is 0.963 bits per heavy atom. The largest absolute Gasteiger partial charge is 0.442 e. The number of fused-ring (bicyclic) bond motifs is 1. The van der Waals surface area contributed by atoms with Crippen LogP contribution in [-0.2, 0) is 9.53 Å². The summed E-state index contributed by atoms with van der Waals surface area (Å²) in [7, 11) is 0. The van der Waals surface area contributed by atoms with Crippen molar-refractivity contribution in [3.63, 3.8) is 0 Å². The molecule has 27 heavy (non-hydrogen) atoms. The second-order valence-electron chi connectivity index (χ2n) is 6.70. The Kier molecular flexibility index (Phi) is 4.87. The van der Waals surface area contributed by atoms with Gasteiger partial charge in [0.25, 0.3) is 5.91 Å². The number of aromatic nitrogens is 2. The second kappa shape index (κ2) is 7.61. The molecule has 1 aromatic heterocycles. The highest BCUT2D eigenvalue weighted by molar-refractivity contribution is 6.02. The van der Waals surface area contributed by atoms with E-state index < -0.39 is 12.1 Å². The van der Waals surface area contributed by atoms with Crippen molar-refractivity contribution in [3.05, 3.63) is 65.9 Å². The lowest BCUT2D eigenvalue weighted by molar-refractivity contribution is -0.142. The predicted octanol–water partition coefficient (Wildman–Crippen LogP) is 3.47. The minimum atomic E-state index is -0.965. The van der Waals surface area contributed by atoms with Crippen LogP contribution < -0.4 is 0 Å². The van der Waals surface area contributed by atoms with Crippen LogP contribution in [0.3, 0.4) is 0 Å². The standard InChI is InChI=1S/C21H21N3O3/c25-20(24-13-7-2-8-14-24)19(15-9-3-1-4-10-15)27-21(26)18-16-11-5-6-12-17(16)22-23-18/h1,3-6,9-12,19H,2,7-8,13-14H2,(H,22,23)/t19-/m1/s1. The number of hydrogen-bond donors (Lipinski definition) is 1. The van der Waals surface area contributed by atoms with Gasteiger partial charge < -0.3 is 9.64 Å². The van der Waals surface area contributed by atoms with E-state index in [1.807, 2.05) is 48.5 Å². The zero-order valence-electron chi connectivity index (χ0n) is 14.9. The molecule has 1 N–H and O–H groups in total. The van der Waals surface area contributed by atoms with Gasteiger partial charge in [0.15, 0.2) is 5.69 Å². The molecule has 0 aliphatic carbocycles. The number of likely N-dealkylation sites (tertiary alicyclic amines) is 1. The van der Waals surface area contributed by atoms with Gasteiger partial charge in [-0.15, -0.1) is 0 Å². The number of benzene rings is 2. The van der Waals surface area contributed by atoms with Gasteiger partial charge in [-0.25, -0.2) is 4.79 Å². The first kappa shape index (κ1) is 17.3. The molecule has 1 aliphatic heterocycles. The van der Waals surface area contributed by atoms with Crippen molar-refractivity contribution in [1.82, 2.24) is 15.1 Å². The zero-order valence-corrected chi connectivity index (χ0v) is 14.9. The number of piperidine rings is 1. The van der Waals surface area contributed by atoms with Crippen molar-refractivity contribution < 1.29 is 14.3 Å². The Hall–Kier alpha value is -3.15. The predicted molar refractivity (Wildman–Crippen MR) is 101 cm³/mol. The molecule has 6 nitrogen and oxygen atoms in total. The normalized spacial score (nSPS) is 15.5. The SMILES string of the molecule is O=C(O[C@@H](C(=O)N1CCCCC1)c1ccccc1)c1n[nH]c2ccccc12. The molecule has 1 saturated heterocycles. The first-order valence-corrected chi connectivity index (χ1v) is 9.22. The summed E-state index contributed by atoms with van der Waals surface area (Å²) in [5.74, 6) is -0.777. The number of rotatable bonds is 4. The molecule has 1 fully saturated rings. The monoisotopic (exact) mass is 363 g/mol. The third-order valence-corrected chi connectivity index (χ3v) is 4.88. The molecule has 1 amide bonds. The van der Waals surface area contributed by atoms with E-state index in [-0.39, 0.29) is 11.6 Å². The molecule has 3 aromatic rings. The van der Waals surface area contributed by atoms with Crippen LogP contribution in [0.25, 0.3) is 10.9 Å². The summed E-state index contributed by atoms with van der Waals surface area (Å²) >= 11 is 0. The van der Waals surface area contributed by atoms with Crippen LogP contribution in [0.15, 0.2) is 54.6 Å². The Morgan fingerprint density at radius 3 is 2.44 bits per heavy atom. The quantitative estimate of drug-likeness (QED) is 0.720. The Labute approximate surface area is 157 Å². The highest BCUT2D eigenvalue weighted by Crippen LogP contribution is 2.25. The number of aromatic amines is 1. The van der Waals surface area contributed by atoms with Crippen LogP contribution in [0.5, 0.6) is 0 Å². The molecule has 2 heterocycles. The van der Waals surface area contributed by atoms with Crippen molar-refractivity contribution in [2.75, 3.05) is 13.1 Å². The van der Waals surface area contributed by atoms with E-state index >= 15 is 0 Å². The van der Waals surface area contributed by atoms with E-state index in [0.29, 0.717) is 24.0 Å². The van der Waals surface area contributed by atoms with Gasteiger partial charge in [0.05, 0.1) is 5.52 Å². The topological polar surface area (TPSA) is 75.3 Å². The number of nitrogens with one attached hydrogen (secondary N) is 1. The fraction of sp³-hybridized carbons (Fsp3) is 0.286. The molecular formula is C21H21N3O3. The molecule has 0 radical (unpaired) electrons. The maximum absolute atomic E-state index is 13.1. The summed E-state index contributed by atoms with van der Waals surface area (Å²) in [6.07, 6.45) is 2.11.